The molecule has 0 atom stereocenters. The smallest absolute Gasteiger partial charge is 0.253 e. The summed E-state index contributed by atoms with van der Waals surface area (Å²) in [5.41, 5.74) is 12.8. The molecule has 0 heterocycles. The van der Waals surface area contributed by atoms with E-state index < -0.39 is 0 Å². The van der Waals surface area contributed by atoms with Crippen LogP contribution in [0.1, 0.15) is 68.6 Å². The Labute approximate surface area is 128 Å². The van der Waals surface area contributed by atoms with Gasteiger partial charge in [0.2, 0.25) is 0 Å². The second-order valence-electron chi connectivity index (χ2n) is 5.54. The van der Waals surface area contributed by atoms with E-state index in [1.807, 2.05) is 0 Å². The van der Waals surface area contributed by atoms with Gasteiger partial charge in [-0.25, -0.2) is 0 Å². The van der Waals surface area contributed by atoms with Gasteiger partial charge in [-0.15, -0.1) is 0 Å². The standard InChI is InChI=1S/C17H29N3O/c1-2-3-4-5-6-7-8-9-13-20-17(21)14-11-10-12-15(18)16(14)19/h10-12H,2-9,13,18-19H2,1H3,(H,20,21). The molecular formula is C17H29N3O. The summed E-state index contributed by atoms with van der Waals surface area (Å²) in [6, 6.07) is 5.15. The first kappa shape index (κ1) is 17.3. The van der Waals surface area contributed by atoms with Crippen LogP contribution in [-0.4, -0.2) is 12.5 Å². The summed E-state index contributed by atoms with van der Waals surface area (Å²) in [5.74, 6) is -0.136. The normalized spacial score (nSPS) is 10.5. The molecule has 0 aliphatic rings. The zero-order valence-electron chi connectivity index (χ0n) is 13.2. The van der Waals surface area contributed by atoms with E-state index in [4.69, 9.17) is 11.5 Å². The Balaban J connectivity index is 2.13. The van der Waals surface area contributed by atoms with Gasteiger partial charge in [-0.3, -0.25) is 4.79 Å². The van der Waals surface area contributed by atoms with Crippen LogP contribution in [0, 0.1) is 0 Å². The summed E-state index contributed by atoms with van der Waals surface area (Å²) in [5, 5.41) is 2.90. The van der Waals surface area contributed by atoms with Crippen molar-refractivity contribution in [1.82, 2.24) is 5.32 Å². The van der Waals surface area contributed by atoms with Crippen molar-refractivity contribution in [1.29, 1.82) is 0 Å². The molecule has 0 spiro atoms. The topological polar surface area (TPSA) is 81.1 Å². The molecule has 1 aromatic rings. The Bertz CT molecular complexity index is 432. The number of anilines is 2. The summed E-state index contributed by atoms with van der Waals surface area (Å²) in [6.45, 7) is 2.93. The van der Waals surface area contributed by atoms with Crippen molar-refractivity contribution in [2.24, 2.45) is 0 Å². The second-order valence-corrected chi connectivity index (χ2v) is 5.54. The molecule has 0 aromatic heterocycles. The van der Waals surface area contributed by atoms with Crippen molar-refractivity contribution < 1.29 is 4.79 Å². The fourth-order valence-corrected chi connectivity index (χ4v) is 2.34. The largest absolute Gasteiger partial charge is 0.397 e. The molecule has 0 bridgehead atoms. The van der Waals surface area contributed by atoms with Crippen LogP contribution in [0.15, 0.2) is 18.2 Å². The van der Waals surface area contributed by atoms with E-state index in [0.29, 0.717) is 23.5 Å². The molecule has 118 valence electrons. The van der Waals surface area contributed by atoms with Crippen molar-refractivity contribution in [3.63, 3.8) is 0 Å². The van der Waals surface area contributed by atoms with Crippen LogP contribution in [0.2, 0.25) is 0 Å². The summed E-state index contributed by atoms with van der Waals surface area (Å²) in [4.78, 5) is 12.0. The highest BCUT2D eigenvalue weighted by Gasteiger charge is 2.10. The highest BCUT2D eigenvalue weighted by atomic mass is 16.1. The highest BCUT2D eigenvalue weighted by molar-refractivity contribution is 6.01. The van der Waals surface area contributed by atoms with Gasteiger partial charge in [-0.2, -0.15) is 0 Å². The molecule has 0 unspecified atom stereocenters. The number of hydrogen-bond donors (Lipinski definition) is 3. The number of benzene rings is 1. The van der Waals surface area contributed by atoms with Gasteiger partial charge >= 0.3 is 0 Å². The number of rotatable bonds is 10. The number of amides is 1. The van der Waals surface area contributed by atoms with Crippen LogP contribution in [0.4, 0.5) is 11.4 Å². The zero-order chi connectivity index (χ0) is 15.5. The molecule has 0 saturated carbocycles. The van der Waals surface area contributed by atoms with E-state index in [2.05, 4.69) is 12.2 Å². The minimum absolute atomic E-state index is 0.136. The minimum Gasteiger partial charge on any atom is -0.397 e. The van der Waals surface area contributed by atoms with E-state index in [0.717, 1.165) is 6.42 Å². The number of para-hydroxylation sites is 1. The average Bonchev–Trinajstić information content (AvgIpc) is 2.48. The molecule has 5 N–H and O–H groups in total. The molecule has 1 amide bonds. The number of hydrogen-bond acceptors (Lipinski definition) is 3. The van der Waals surface area contributed by atoms with Crippen LogP contribution in [0.3, 0.4) is 0 Å². The summed E-state index contributed by atoms with van der Waals surface area (Å²) in [6.07, 6.45) is 10.1. The Morgan fingerprint density at radius 2 is 1.62 bits per heavy atom. The first-order chi connectivity index (χ1) is 10.2. The molecule has 0 aliphatic heterocycles. The Morgan fingerprint density at radius 1 is 1.00 bits per heavy atom. The molecule has 0 saturated heterocycles. The SMILES string of the molecule is CCCCCCCCCCNC(=O)c1cccc(N)c1N. The molecule has 4 heteroatoms. The van der Waals surface area contributed by atoms with Crippen molar-refractivity contribution in [3.05, 3.63) is 23.8 Å². The van der Waals surface area contributed by atoms with E-state index in [9.17, 15) is 4.79 Å². The van der Waals surface area contributed by atoms with Crippen molar-refractivity contribution >= 4 is 17.3 Å². The summed E-state index contributed by atoms with van der Waals surface area (Å²) < 4.78 is 0. The lowest BCUT2D eigenvalue weighted by atomic mass is 10.1. The molecule has 0 radical (unpaired) electrons. The number of nitrogens with one attached hydrogen (secondary N) is 1. The number of nitrogens with two attached hydrogens (primary N) is 2. The third-order valence-corrected chi connectivity index (χ3v) is 3.70. The maximum Gasteiger partial charge on any atom is 0.253 e. The maximum atomic E-state index is 12.0. The van der Waals surface area contributed by atoms with E-state index in [-0.39, 0.29) is 5.91 Å². The van der Waals surface area contributed by atoms with Gasteiger partial charge in [0.1, 0.15) is 0 Å². The Morgan fingerprint density at radius 3 is 2.29 bits per heavy atom. The number of carbonyl (C=O) groups is 1. The lowest BCUT2D eigenvalue weighted by molar-refractivity contribution is 0.0954. The van der Waals surface area contributed by atoms with Crippen molar-refractivity contribution in [3.8, 4) is 0 Å². The lowest BCUT2D eigenvalue weighted by Crippen LogP contribution is -2.25. The van der Waals surface area contributed by atoms with Gasteiger partial charge in [-0.05, 0) is 18.6 Å². The fourth-order valence-electron chi connectivity index (χ4n) is 2.34. The predicted octanol–water partition coefficient (Wildman–Crippen LogP) is 3.72. The molecule has 21 heavy (non-hydrogen) atoms. The number of carbonyl (C=O) groups excluding carboxylic acids is 1. The highest BCUT2D eigenvalue weighted by Crippen LogP contribution is 2.19. The van der Waals surface area contributed by atoms with Gasteiger partial charge in [0.15, 0.2) is 0 Å². The average molecular weight is 291 g/mol. The molecular weight excluding hydrogens is 262 g/mol. The lowest BCUT2D eigenvalue weighted by Gasteiger charge is -2.09. The summed E-state index contributed by atoms with van der Waals surface area (Å²) in [7, 11) is 0. The van der Waals surface area contributed by atoms with Gasteiger partial charge < -0.3 is 16.8 Å². The number of nitrogen functional groups attached to an aromatic ring is 2. The van der Waals surface area contributed by atoms with E-state index in [1.54, 1.807) is 18.2 Å². The fraction of sp³-hybridized carbons (Fsp3) is 0.588. The molecule has 1 aromatic carbocycles. The van der Waals surface area contributed by atoms with Crippen molar-refractivity contribution in [2.45, 2.75) is 58.3 Å². The van der Waals surface area contributed by atoms with E-state index >= 15 is 0 Å². The molecule has 4 nitrogen and oxygen atoms in total. The Hall–Kier alpha value is -1.71. The predicted molar refractivity (Wildman–Crippen MR) is 90.2 cm³/mol. The van der Waals surface area contributed by atoms with Crippen molar-refractivity contribution in [2.75, 3.05) is 18.0 Å². The van der Waals surface area contributed by atoms with Gasteiger partial charge in [0.05, 0.1) is 16.9 Å². The van der Waals surface area contributed by atoms with Crippen LogP contribution < -0.4 is 16.8 Å². The van der Waals surface area contributed by atoms with Gasteiger partial charge in [0.25, 0.3) is 5.91 Å². The van der Waals surface area contributed by atoms with Crippen LogP contribution >= 0.6 is 0 Å². The third kappa shape index (κ3) is 6.52. The quantitative estimate of drug-likeness (QED) is 0.454. The Kier molecular flexibility index (Phi) is 8.32. The monoisotopic (exact) mass is 291 g/mol. The number of unbranched alkanes of at least 4 members (excludes halogenated alkanes) is 7. The second kappa shape index (κ2) is 10.1. The van der Waals surface area contributed by atoms with Gasteiger partial charge in [0, 0.05) is 6.54 Å². The molecule has 0 aliphatic carbocycles. The maximum absolute atomic E-state index is 12.0. The van der Waals surface area contributed by atoms with Crippen LogP contribution in [0.25, 0.3) is 0 Å². The molecule has 1 rings (SSSR count). The molecule has 0 fully saturated rings. The van der Waals surface area contributed by atoms with Gasteiger partial charge in [-0.1, -0.05) is 57.9 Å². The van der Waals surface area contributed by atoms with Crippen LogP contribution in [-0.2, 0) is 0 Å². The third-order valence-electron chi connectivity index (χ3n) is 3.70. The summed E-state index contributed by atoms with van der Waals surface area (Å²) >= 11 is 0. The first-order valence-corrected chi connectivity index (χ1v) is 8.09. The van der Waals surface area contributed by atoms with Crippen LogP contribution in [0.5, 0.6) is 0 Å². The minimum atomic E-state index is -0.136. The van der Waals surface area contributed by atoms with E-state index in [1.165, 1.54) is 44.9 Å². The first-order valence-electron chi connectivity index (χ1n) is 8.09. The zero-order valence-corrected chi connectivity index (χ0v) is 13.2.